The van der Waals surface area contributed by atoms with Crippen LogP contribution in [0.1, 0.15) is 430 Å². The first kappa shape index (κ1) is 125. The minimum Gasteiger partial charge on any atom is -0.376 e. The number of carbonyl (C=O) groups is 2. The van der Waals surface area contributed by atoms with E-state index < -0.39 is 0 Å². The molecule has 3 aliphatic carbocycles. The SMILES string of the molecule is C#CC(C)(C)C.C#CCOC(C)(C)C.C/C=C/C(C)(C)C.CC(=O)c1ccc(/C=C/C(C)(C)C)cc1.CC(=O)c1cccc(/C=C/C(C)(C)C)c1.CC(C)(C)/C=C/C(C)(C)C.CC(C)(C)/C=C/CN1CCCC1.CC(C)(C)/C=C/c1ccccc1.CC(C)(C)C#CC1CC1.CC(C)(C)OCC1CCCCC1.CC(C)(C)OCCC1CCCCC1.CCCC. The van der Waals surface area contributed by atoms with E-state index in [-0.39, 0.29) is 55.4 Å². The van der Waals surface area contributed by atoms with Crippen molar-refractivity contribution in [3.63, 3.8) is 0 Å². The van der Waals surface area contributed by atoms with Crippen molar-refractivity contribution in [3.05, 3.63) is 161 Å². The van der Waals surface area contributed by atoms with Crippen LogP contribution < -0.4 is 0 Å². The van der Waals surface area contributed by atoms with E-state index in [0.29, 0.717) is 28.3 Å². The molecule has 0 amide bonds. The van der Waals surface area contributed by atoms with Crippen LogP contribution in [0.2, 0.25) is 0 Å². The zero-order valence-corrected chi connectivity index (χ0v) is 88.6. The lowest BCUT2D eigenvalue weighted by Crippen LogP contribution is -2.24. The van der Waals surface area contributed by atoms with Gasteiger partial charge in [0.05, 0.1) is 23.4 Å². The highest BCUT2D eigenvalue weighted by atomic mass is 16.5. The maximum absolute atomic E-state index is 11.2. The molecule has 6 nitrogen and oxygen atoms in total. The maximum Gasteiger partial charge on any atom is 0.159 e. The monoisotopic (exact) mass is 1700 g/mol. The normalized spacial score (nSPS) is 15.1. The van der Waals surface area contributed by atoms with Crippen molar-refractivity contribution < 1.29 is 23.8 Å². The van der Waals surface area contributed by atoms with Crippen molar-refractivity contribution in [3.8, 4) is 36.5 Å². The third-order valence-electron chi connectivity index (χ3n) is 17.7. The van der Waals surface area contributed by atoms with Crippen LogP contribution in [-0.2, 0) is 14.2 Å². The van der Waals surface area contributed by atoms with Crippen molar-refractivity contribution in [2.75, 3.05) is 39.5 Å². The molecular weight excluding hydrogens is 1500 g/mol. The predicted molar refractivity (Wildman–Crippen MR) is 554 cm³/mol. The van der Waals surface area contributed by atoms with E-state index >= 15 is 0 Å². The standard InChI is InChI=1S/2C14H18O.C12H24O.C12H16.C11H21N.C11H22O.C10H20.C9H14.C7H12O.C7H14.C6H10.C4H10/c1-11(15)13-7-5-12(6-8-13)9-10-14(2,3)4;1-11(15)13-7-5-6-12(10-13)8-9-14(2,3)4;1-12(2,3)13-10-9-11-7-5-4-6-8-11;1-12(2,3)10-9-11-7-5-4-6-8-11;1-11(2,3)7-6-10-12-8-4-5-9-12;1-11(2,3)12-9-10-7-5-4-6-8-10;1-9(2,3)7-8-10(4,5)6;1-9(2,3)7-6-8-4-5-8;1-5-6-8-7(2,3)4;1-5-6-7(2,3)4;1-5-6(2,3)4;1-3-4-2/h2*5-10H,1-4H3;11H,4-10H2,1-3H3;4-10H,1-3H3;6-7H,4-5,8-10H2,1-3H3;10H,4-9H2,1-3H3;7-8H,1-6H3;8H,4-5H2,1-3H3;1H,6H2,2-4H3;5-6H,1-4H3;1H,2-4H3;3-4H2,1-2H3/b10-9+;9-8+;;10-9+;7-6+;;8-7+;;;6-5+;;. The molecule has 4 aliphatic rings. The number of ketones is 2. The third kappa shape index (κ3) is 105. The fourth-order valence-corrected chi connectivity index (χ4v) is 10.3. The number of terminal acetylenes is 2. The largest absolute Gasteiger partial charge is 0.376 e. The van der Waals surface area contributed by atoms with Crippen molar-refractivity contribution in [1.29, 1.82) is 0 Å². The molecule has 4 fully saturated rings. The first-order chi connectivity index (χ1) is 56.0. The van der Waals surface area contributed by atoms with Gasteiger partial charge in [-0.1, -0.05) is 387 Å². The fraction of sp³-hybridized carbons (Fsp3) is 0.675. The van der Waals surface area contributed by atoms with Gasteiger partial charge in [0.1, 0.15) is 6.61 Å². The van der Waals surface area contributed by atoms with Crippen LogP contribution in [0.5, 0.6) is 0 Å². The molecule has 0 unspecified atom stereocenters. The summed E-state index contributed by atoms with van der Waals surface area (Å²) in [6.45, 7) is 93.0. The summed E-state index contributed by atoms with van der Waals surface area (Å²) in [5, 5.41) is 0. The zero-order valence-electron chi connectivity index (χ0n) is 88.6. The van der Waals surface area contributed by atoms with Crippen molar-refractivity contribution in [1.82, 2.24) is 4.90 Å². The van der Waals surface area contributed by atoms with Gasteiger partial charge in [-0.05, 0) is 255 Å². The molecule has 123 heavy (non-hydrogen) atoms. The minimum absolute atomic E-state index is 0.0503. The van der Waals surface area contributed by atoms with Crippen molar-refractivity contribution >= 4 is 29.8 Å². The maximum atomic E-state index is 11.2. The number of rotatable bonds is 14. The van der Waals surface area contributed by atoms with Crippen LogP contribution in [0.3, 0.4) is 0 Å². The first-order valence-electron chi connectivity index (χ1n) is 47.4. The van der Waals surface area contributed by atoms with Gasteiger partial charge in [-0.15, -0.1) is 18.8 Å². The van der Waals surface area contributed by atoms with Crippen molar-refractivity contribution in [2.24, 2.45) is 66.5 Å². The number of benzene rings is 3. The molecule has 702 valence electrons. The molecule has 3 aromatic rings. The Balaban J connectivity index is -0.000000417. The van der Waals surface area contributed by atoms with Crippen LogP contribution in [0.15, 0.2) is 134 Å². The van der Waals surface area contributed by atoms with E-state index in [9.17, 15) is 9.59 Å². The predicted octanol–water partition coefficient (Wildman–Crippen LogP) is 35.1. The second kappa shape index (κ2) is 64.7. The van der Waals surface area contributed by atoms with Gasteiger partial charge in [0.2, 0.25) is 0 Å². The molecule has 0 N–H and O–H groups in total. The molecule has 0 spiro atoms. The van der Waals surface area contributed by atoms with Gasteiger partial charge in [-0.3, -0.25) is 14.5 Å². The number of hydrogen-bond acceptors (Lipinski definition) is 6. The number of Topliss-reactive ketones (excluding diaryl/α,β-unsaturated/α-hetero) is 2. The Hall–Kier alpha value is -6.04. The van der Waals surface area contributed by atoms with Crippen LogP contribution in [-0.4, -0.2) is 72.7 Å². The van der Waals surface area contributed by atoms with Gasteiger partial charge >= 0.3 is 0 Å². The van der Waals surface area contributed by atoms with Crippen LogP contribution in [0.4, 0.5) is 0 Å². The molecule has 1 heterocycles. The summed E-state index contributed by atoms with van der Waals surface area (Å²) in [6.07, 6.45) is 59.9. The summed E-state index contributed by atoms with van der Waals surface area (Å²) >= 11 is 0. The summed E-state index contributed by atoms with van der Waals surface area (Å²) in [7, 11) is 0. The van der Waals surface area contributed by atoms with E-state index in [1.165, 1.54) is 128 Å². The number of carbonyl (C=O) groups excluding carboxylic acids is 2. The highest BCUT2D eigenvalue weighted by Crippen LogP contribution is 2.30. The van der Waals surface area contributed by atoms with Gasteiger partial charge in [-0.2, -0.15) is 0 Å². The molecule has 3 aromatic carbocycles. The molecule has 1 aliphatic heterocycles. The summed E-state index contributed by atoms with van der Waals surface area (Å²) in [5.74, 6) is 14.3. The summed E-state index contributed by atoms with van der Waals surface area (Å²) in [5.41, 5.74) is 7.33. The van der Waals surface area contributed by atoms with Gasteiger partial charge in [0, 0.05) is 41.0 Å². The molecule has 1 saturated heterocycles. The average Bonchev–Trinajstić information content (AvgIpc) is 1.81. The van der Waals surface area contributed by atoms with Crippen LogP contribution in [0.25, 0.3) is 18.2 Å². The number of likely N-dealkylation sites (tertiary alicyclic amines) is 1. The Kier molecular flexibility index (Phi) is 65.9. The lowest BCUT2D eigenvalue weighted by Gasteiger charge is -2.26. The Morgan fingerprint density at radius 3 is 1.10 bits per heavy atom. The summed E-state index contributed by atoms with van der Waals surface area (Å²) < 4.78 is 16.6. The van der Waals surface area contributed by atoms with E-state index in [1.54, 1.807) is 13.8 Å². The molecule has 7 rings (SSSR count). The first-order valence-corrected chi connectivity index (χ1v) is 47.4. The van der Waals surface area contributed by atoms with E-state index in [4.69, 9.17) is 27.1 Å². The molecule has 0 radical (unpaired) electrons. The number of unbranched alkanes of at least 4 members (excludes halogenated alkanes) is 1. The number of nitrogens with zero attached hydrogens (tertiary/aromatic N) is 1. The van der Waals surface area contributed by atoms with Gasteiger partial charge in [-0.25, -0.2) is 0 Å². The minimum atomic E-state index is -0.0909. The van der Waals surface area contributed by atoms with Gasteiger partial charge < -0.3 is 14.2 Å². The number of allylic oxidation sites excluding steroid dienone is 8. The highest BCUT2D eigenvalue weighted by molar-refractivity contribution is 5.95. The molecular formula is C117H199NO5. The topological polar surface area (TPSA) is 65.1 Å². The van der Waals surface area contributed by atoms with E-state index in [1.807, 2.05) is 103 Å². The summed E-state index contributed by atoms with van der Waals surface area (Å²) in [6, 6.07) is 25.7. The van der Waals surface area contributed by atoms with E-state index in [2.05, 4.69) is 347 Å². The van der Waals surface area contributed by atoms with Gasteiger partial charge in [0.25, 0.3) is 0 Å². The highest BCUT2D eigenvalue weighted by Gasteiger charge is 2.21. The molecule has 3 saturated carbocycles. The zero-order chi connectivity index (χ0) is 96.2. The lowest BCUT2D eigenvalue weighted by atomic mass is 9.87. The lowest BCUT2D eigenvalue weighted by molar-refractivity contribution is -0.0278. The van der Waals surface area contributed by atoms with Crippen molar-refractivity contribution in [2.45, 2.75) is 410 Å². The Morgan fingerprint density at radius 2 is 0.780 bits per heavy atom. The quantitative estimate of drug-likeness (QED) is 0.0910. The average molecular weight is 1700 g/mol. The third-order valence-corrected chi connectivity index (χ3v) is 17.7. The smallest absolute Gasteiger partial charge is 0.159 e. The molecule has 0 aromatic heterocycles. The Labute approximate surface area is 767 Å². The number of hydrogen-bond donors (Lipinski definition) is 0. The van der Waals surface area contributed by atoms with Crippen LogP contribution >= 0.6 is 0 Å². The second-order valence-corrected chi connectivity index (χ2v) is 46.6. The second-order valence-electron chi connectivity index (χ2n) is 46.6. The van der Waals surface area contributed by atoms with Crippen LogP contribution in [0, 0.1) is 103 Å². The number of ether oxygens (including phenoxy) is 3. The molecule has 0 atom stereocenters. The molecule has 0 bridgehead atoms. The van der Waals surface area contributed by atoms with E-state index in [0.717, 1.165) is 59.8 Å². The Bertz CT molecular complexity index is 3450. The molecule has 6 heteroatoms. The fourth-order valence-electron chi connectivity index (χ4n) is 10.3. The Morgan fingerprint density at radius 1 is 0.407 bits per heavy atom. The van der Waals surface area contributed by atoms with Gasteiger partial charge in [0.15, 0.2) is 11.6 Å². The summed E-state index contributed by atoms with van der Waals surface area (Å²) in [4.78, 5) is 24.7.